The van der Waals surface area contributed by atoms with Crippen LogP contribution < -0.4 is 0 Å². The highest BCUT2D eigenvalue weighted by Crippen LogP contribution is 2.25. The number of amides is 1. The molecule has 0 aliphatic carbocycles. The van der Waals surface area contributed by atoms with Gasteiger partial charge in [-0.3, -0.25) is 4.79 Å². The Balaban J connectivity index is 1.82. The summed E-state index contributed by atoms with van der Waals surface area (Å²) >= 11 is 0. The van der Waals surface area contributed by atoms with Crippen LogP contribution in [0, 0.1) is 0 Å². The third-order valence-electron chi connectivity index (χ3n) is 4.64. The summed E-state index contributed by atoms with van der Waals surface area (Å²) in [5, 5.41) is 11.6. The Kier molecular flexibility index (Phi) is 4.64. The maximum Gasteiger partial charge on any atom is 0.230 e. The minimum Gasteiger partial charge on any atom is -0.394 e. The molecule has 0 spiro atoms. The number of benzene rings is 2. The molecule has 4 nitrogen and oxygen atoms in total. The Labute approximate surface area is 136 Å². The molecule has 2 aromatic rings. The fraction of sp³-hybridized carbons (Fsp3) is 0.421. The zero-order valence-electron chi connectivity index (χ0n) is 13.6. The quantitative estimate of drug-likeness (QED) is 0.947. The van der Waals surface area contributed by atoms with Gasteiger partial charge >= 0.3 is 0 Å². The molecule has 23 heavy (non-hydrogen) atoms. The summed E-state index contributed by atoms with van der Waals surface area (Å²) in [6.07, 6.45) is -0.279. The minimum atomic E-state index is -0.279. The fourth-order valence-corrected chi connectivity index (χ4v) is 3.10. The van der Waals surface area contributed by atoms with Crippen molar-refractivity contribution < 1.29 is 14.6 Å². The van der Waals surface area contributed by atoms with Gasteiger partial charge in [0.1, 0.15) is 0 Å². The standard InChI is InChI=1S/C19H23NO3/c1-13-12-23-18(11-21)10-20(13)19(22)14(2)16-8-7-15-5-3-4-6-17(15)9-16/h3-9,13-14,18,21H,10-12H2,1-2H3. The first-order valence-corrected chi connectivity index (χ1v) is 8.11. The Hall–Kier alpha value is -1.91. The van der Waals surface area contributed by atoms with E-state index >= 15 is 0 Å². The van der Waals surface area contributed by atoms with E-state index in [1.807, 2.05) is 36.9 Å². The Morgan fingerprint density at radius 1 is 1.30 bits per heavy atom. The third kappa shape index (κ3) is 3.23. The molecule has 3 unspecified atom stereocenters. The minimum absolute atomic E-state index is 0.0354. The van der Waals surface area contributed by atoms with Crippen LogP contribution in [-0.2, 0) is 9.53 Å². The van der Waals surface area contributed by atoms with E-state index in [-0.39, 0.29) is 30.6 Å². The van der Waals surface area contributed by atoms with Crippen molar-refractivity contribution in [2.75, 3.05) is 19.8 Å². The zero-order valence-corrected chi connectivity index (χ0v) is 13.6. The summed E-state index contributed by atoms with van der Waals surface area (Å²) in [5.74, 6) is -0.117. The maximum atomic E-state index is 12.9. The molecular formula is C19H23NO3. The second kappa shape index (κ2) is 6.69. The number of hydrogen-bond acceptors (Lipinski definition) is 3. The topological polar surface area (TPSA) is 49.8 Å². The molecule has 2 aromatic carbocycles. The molecule has 1 N–H and O–H groups in total. The smallest absolute Gasteiger partial charge is 0.230 e. The van der Waals surface area contributed by atoms with Gasteiger partial charge in [0, 0.05) is 6.54 Å². The Bertz CT molecular complexity index is 700. The lowest BCUT2D eigenvalue weighted by atomic mass is 9.95. The van der Waals surface area contributed by atoms with E-state index in [9.17, 15) is 9.90 Å². The van der Waals surface area contributed by atoms with Gasteiger partial charge in [0.2, 0.25) is 5.91 Å². The predicted octanol–water partition coefficient (Wildman–Crippen LogP) is 2.55. The number of carbonyl (C=O) groups excluding carboxylic acids is 1. The summed E-state index contributed by atoms with van der Waals surface area (Å²) in [6, 6.07) is 14.4. The SMILES string of the molecule is CC(C(=O)N1CC(CO)OCC1C)c1ccc2ccccc2c1. The molecule has 0 radical (unpaired) electrons. The van der Waals surface area contributed by atoms with Gasteiger partial charge in [0.05, 0.1) is 31.3 Å². The molecule has 1 fully saturated rings. The molecule has 1 aliphatic rings. The van der Waals surface area contributed by atoms with Crippen LogP contribution in [0.2, 0.25) is 0 Å². The average Bonchev–Trinajstić information content (AvgIpc) is 2.60. The summed E-state index contributed by atoms with van der Waals surface area (Å²) in [7, 11) is 0. The van der Waals surface area contributed by atoms with Crippen LogP contribution in [0.25, 0.3) is 10.8 Å². The summed E-state index contributed by atoms with van der Waals surface area (Å²) < 4.78 is 5.52. The second-order valence-corrected chi connectivity index (χ2v) is 6.31. The van der Waals surface area contributed by atoms with E-state index < -0.39 is 0 Å². The van der Waals surface area contributed by atoms with Gasteiger partial charge in [0.15, 0.2) is 0 Å². The van der Waals surface area contributed by atoms with Gasteiger partial charge in [-0.2, -0.15) is 0 Å². The highest BCUT2D eigenvalue weighted by molar-refractivity contribution is 5.87. The first-order chi connectivity index (χ1) is 11.1. The van der Waals surface area contributed by atoms with E-state index in [0.29, 0.717) is 13.2 Å². The third-order valence-corrected chi connectivity index (χ3v) is 4.64. The molecule has 0 aromatic heterocycles. The normalized spacial score (nSPS) is 23.0. The zero-order chi connectivity index (χ0) is 16.4. The first kappa shape index (κ1) is 16.0. The molecule has 3 atom stereocenters. The van der Waals surface area contributed by atoms with Crippen molar-refractivity contribution in [2.45, 2.75) is 31.9 Å². The van der Waals surface area contributed by atoms with Crippen LogP contribution in [0.4, 0.5) is 0 Å². The van der Waals surface area contributed by atoms with E-state index in [1.54, 1.807) is 0 Å². The van der Waals surface area contributed by atoms with Gasteiger partial charge in [-0.15, -0.1) is 0 Å². The van der Waals surface area contributed by atoms with Crippen LogP contribution in [0.15, 0.2) is 42.5 Å². The van der Waals surface area contributed by atoms with Crippen molar-refractivity contribution in [1.29, 1.82) is 0 Å². The number of aliphatic hydroxyl groups is 1. The lowest BCUT2D eigenvalue weighted by Crippen LogP contribution is -2.53. The van der Waals surface area contributed by atoms with Crippen LogP contribution in [-0.4, -0.2) is 47.8 Å². The predicted molar refractivity (Wildman–Crippen MR) is 90.4 cm³/mol. The number of nitrogens with zero attached hydrogens (tertiary/aromatic N) is 1. The molecule has 1 aliphatic heterocycles. The molecule has 122 valence electrons. The number of aliphatic hydroxyl groups excluding tert-OH is 1. The Morgan fingerprint density at radius 3 is 2.78 bits per heavy atom. The molecule has 1 saturated heterocycles. The van der Waals surface area contributed by atoms with Crippen molar-refractivity contribution >= 4 is 16.7 Å². The van der Waals surface area contributed by atoms with Crippen LogP contribution in [0.3, 0.4) is 0 Å². The van der Waals surface area contributed by atoms with Crippen molar-refractivity contribution in [3.8, 4) is 0 Å². The van der Waals surface area contributed by atoms with Gasteiger partial charge in [-0.25, -0.2) is 0 Å². The highest BCUT2D eigenvalue weighted by atomic mass is 16.5. The molecular weight excluding hydrogens is 290 g/mol. The summed E-state index contributed by atoms with van der Waals surface area (Å²) in [5.41, 5.74) is 1.02. The van der Waals surface area contributed by atoms with Gasteiger partial charge in [-0.1, -0.05) is 42.5 Å². The molecule has 3 rings (SSSR count). The molecule has 0 saturated carbocycles. The van der Waals surface area contributed by atoms with Gasteiger partial charge < -0.3 is 14.7 Å². The van der Waals surface area contributed by atoms with E-state index in [4.69, 9.17) is 4.74 Å². The molecule has 1 heterocycles. The van der Waals surface area contributed by atoms with Crippen molar-refractivity contribution in [3.63, 3.8) is 0 Å². The number of ether oxygens (including phenoxy) is 1. The second-order valence-electron chi connectivity index (χ2n) is 6.31. The number of rotatable bonds is 3. The molecule has 0 bridgehead atoms. The summed E-state index contributed by atoms with van der Waals surface area (Å²) in [4.78, 5) is 14.7. The lowest BCUT2D eigenvalue weighted by molar-refractivity contribution is -0.147. The molecule has 1 amide bonds. The molecule has 4 heteroatoms. The number of morpholine rings is 1. The lowest BCUT2D eigenvalue weighted by Gasteiger charge is -2.38. The number of fused-ring (bicyclic) bond motifs is 1. The Morgan fingerprint density at radius 2 is 2.04 bits per heavy atom. The number of carbonyl (C=O) groups is 1. The average molecular weight is 313 g/mol. The van der Waals surface area contributed by atoms with Crippen LogP contribution >= 0.6 is 0 Å². The van der Waals surface area contributed by atoms with Crippen molar-refractivity contribution in [1.82, 2.24) is 4.90 Å². The number of hydrogen-bond donors (Lipinski definition) is 1. The van der Waals surface area contributed by atoms with E-state index in [0.717, 1.165) is 10.9 Å². The van der Waals surface area contributed by atoms with Gasteiger partial charge in [-0.05, 0) is 30.2 Å². The van der Waals surface area contributed by atoms with Crippen LogP contribution in [0.1, 0.15) is 25.3 Å². The van der Waals surface area contributed by atoms with E-state index in [1.165, 1.54) is 5.39 Å². The monoisotopic (exact) mass is 313 g/mol. The van der Waals surface area contributed by atoms with Crippen molar-refractivity contribution in [2.24, 2.45) is 0 Å². The largest absolute Gasteiger partial charge is 0.394 e. The van der Waals surface area contributed by atoms with Crippen molar-refractivity contribution in [3.05, 3.63) is 48.0 Å². The summed E-state index contributed by atoms with van der Waals surface area (Å²) in [6.45, 7) is 4.80. The van der Waals surface area contributed by atoms with Gasteiger partial charge in [0.25, 0.3) is 0 Å². The fourth-order valence-electron chi connectivity index (χ4n) is 3.10. The van der Waals surface area contributed by atoms with E-state index in [2.05, 4.69) is 24.3 Å². The maximum absolute atomic E-state index is 12.9. The first-order valence-electron chi connectivity index (χ1n) is 8.11. The van der Waals surface area contributed by atoms with Crippen LogP contribution in [0.5, 0.6) is 0 Å². The highest BCUT2D eigenvalue weighted by Gasteiger charge is 2.32.